The van der Waals surface area contributed by atoms with Gasteiger partial charge in [-0.15, -0.1) is 0 Å². The molecule has 0 aliphatic heterocycles. The van der Waals surface area contributed by atoms with Gasteiger partial charge in [0, 0.05) is 0 Å². The Morgan fingerprint density at radius 3 is 0.746 bits per heavy atom. The van der Waals surface area contributed by atoms with Crippen molar-refractivity contribution in [3.63, 3.8) is 0 Å². The second-order valence-electron chi connectivity index (χ2n) is 19.8. The molecule has 0 saturated carbocycles. The van der Waals surface area contributed by atoms with E-state index in [9.17, 15) is 0 Å². The molecule has 364 valence electrons. The van der Waals surface area contributed by atoms with Gasteiger partial charge in [-0.2, -0.15) is 0 Å². The molecule has 0 aliphatic rings. The first kappa shape index (κ1) is 57.6. The molecule has 0 N–H and O–H groups in total. The van der Waals surface area contributed by atoms with Gasteiger partial charge in [-0.05, 0) is 85.8 Å². The quantitative estimate of drug-likeness (QED) is 0.0487. The molecule has 3 heteroatoms. The SMILES string of the molecule is CCCCCCCCCCCCc1cccc(OPOc2cccc(CCCCCCCCCCCC)c2CCCCCCCCCCCC)c1CCCCCCCCCCCC. The molecule has 2 aromatic rings. The second kappa shape index (κ2) is 44.3. The molecule has 0 aliphatic carbocycles. The van der Waals surface area contributed by atoms with Gasteiger partial charge in [0.1, 0.15) is 11.5 Å². The van der Waals surface area contributed by atoms with Crippen molar-refractivity contribution in [1.82, 2.24) is 0 Å². The Bertz CT molecular complexity index is 1160. The molecule has 0 aromatic heterocycles. The molecule has 0 fully saturated rings. The predicted octanol–water partition coefficient (Wildman–Crippen LogP) is 21.5. The van der Waals surface area contributed by atoms with E-state index in [2.05, 4.69) is 64.1 Å². The Hall–Kier alpha value is -1.53. The third-order valence-electron chi connectivity index (χ3n) is 13.9. The van der Waals surface area contributed by atoms with E-state index in [0.717, 1.165) is 24.3 Å². The number of hydrogen-bond acceptors (Lipinski definition) is 2. The first-order valence-corrected chi connectivity index (χ1v) is 29.4. The van der Waals surface area contributed by atoms with Crippen molar-refractivity contribution >= 4 is 9.03 Å². The van der Waals surface area contributed by atoms with Crippen molar-refractivity contribution in [3.8, 4) is 11.5 Å². The van der Waals surface area contributed by atoms with E-state index in [1.807, 2.05) is 0 Å². The van der Waals surface area contributed by atoms with Gasteiger partial charge >= 0.3 is 0 Å². The van der Waals surface area contributed by atoms with Crippen molar-refractivity contribution in [2.45, 2.75) is 310 Å². The van der Waals surface area contributed by atoms with Gasteiger partial charge in [0.2, 0.25) is 0 Å². The van der Waals surface area contributed by atoms with Gasteiger partial charge in [0.05, 0.1) is 0 Å². The normalized spacial score (nSPS) is 11.5. The van der Waals surface area contributed by atoms with Crippen molar-refractivity contribution < 1.29 is 9.05 Å². The fourth-order valence-electron chi connectivity index (χ4n) is 9.74. The van der Waals surface area contributed by atoms with Crippen LogP contribution in [0.3, 0.4) is 0 Å². The minimum absolute atomic E-state index is 0.0153. The van der Waals surface area contributed by atoms with Gasteiger partial charge in [0.25, 0.3) is 9.03 Å². The van der Waals surface area contributed by atoms with Gasteiger partial charge in [-0.25, -0.2) is 0 Å². The van der Waals surface area contributed by atoms with Crippen LogP contribution in [-0.4, -0.2) is 0 Å². The van der Waals surface area contributed by atoms with E-state index < -0.39 is 0 Å². The molecule has 2 rings (SSSR count). The summed E-state index contributed by atoms with van der Waals surface area (Å²) in [6.07, 6.45) is 59.9. The van der Waals surface area contributed by atoms with Crippen LogP contribution in [0.4, 0.5) is 0 Å². The molecule has 0 radical (unpaired) electrons. The molecule has 63 heavy (non-hydrogen) atoms. The van der Waals surface area contributed by atoms with Crippen LogP contribution in [0.1, 0.15) is 307 Å². The highest BCUT2D eigenvalue weighted by atomic mass is 31.1. The summed E-state index contributed by atoms with van der Waals surface area (Å²) in [4.78, 5) is 0. The Morgan fingerprint density at radius 2 is 0.492 bits per heavy atom. The van der Waals surface area contributed by atoms with E-state index in [0.29, 0.717) is 0 Å². The lowest BCUT2D eigenvalue weighted by molar-refractivity contribution is 0.501. The summed E-state index contributed by atoms with van der Waals surface area (Å²) in [7, 11) is -0.0153. The molecule has 0 heterocycles. The summed E-state index contributed by atoms with van der Waals surface area (Å²) in [5.41, 5.74) is 5.97. The summed E-state index contributed by atoms with van der Waals surface area (Å²) < 4.78 is 13.4. The van der Waals surface area contributed by atoms with Crippen LogP contribution in [0.5, 0.6) is 11.5 Å². The number of benzene rings is 2. The molecule has 0 saturated heterocycles. The largest absolute Gasteiger partial charge is 0.440 e. The van der Waals surface area contributed by atoms with Crippen molar-refractivity contribution in [1.29, 1.82) is 0 Å². The molecule has 0 atom stereocenters. The van der Waals surface area contributed by atoms with Crippen LogP contribution in [0.25, 0.3) is 0 Å². The van der Waals surface area contributed by atoms with E-state index in [1.54, 1.807) is 0 Å². The lowest BCUT2D eigenvalue weighted by atomic mass is 9.95. The molecule has 2 nitrogen and oxygen atoms in total. The third kappa shape index (κ3) is 31.9. The molecule has 2 aromatic carbocycles. The van der Waals surface area contributed by atoms with Crippen molar-refractivity contribution in [3.05, 3.63) is 58.7 Å². The zero-order chi connectivity index (χ0) is 44.9. The minimum atomic E-state index is -0.0153. The van der Waals surface area contributed by atoms with Crippen LogP contribution in [0.2, 0.25) is 0 Å². The monoisotopic (exact) mass is 891 g/mol. The first-order chi connectivity index (χ1) is 31.2. The first-order valence-electron chi connectivity index (χ1n) is 28.5. The smallest absolute Gasteiger partial charge is 0.275 e. The molecule has 0 bridgehead atoms. The summed E-state index contributed by atoms with van der Waals surface area (Å²) >= 11 is 0. The average Bonchev–Trinajstić information content (AvgIpc) is 3.30. The molecule has 0 unspecified atom stereocenters. The standard InChI is InChI=1S/C60H107O2P/c1-5-9-13-17-21-25-29-33-37-41-47-55-49-45-53-59(57(55)51-43-39-35-31-27-23-19-15-11-7-3)61-63-62-60-54-46-50-56(48-42-38-34-30-26-22-18-14-10-6-2)58(60)52-44-40-36-32-28-24-20-16-12-8-4/h45-46,49-50,53-54,63H,5-44,47-48,51-52H2,1-4H3. The fourth-order valence-corrected chi connectivity index (χ4v) is 10.3. The van der Waals surface area contributed by atoms with Gasteiger partial charge < -0.3 is 9.05 Å². The van der Waals surface area contributed by atoms with Crippen LogP contribution in [-0.2, 0) is 25.7 Å². The van der Waals surface area contributed by atoms with E-state index >= 15 is 0 Å². The summed E-state index contributed by atoms with van der Waals surface area (Å²) in [6.45, 7) is 9.25. The highest BCUT2D eigenvalue weighted by molar-refractivity contribution is 7.27. The van der Waals surface area contributed by atoms with Crippen LogP contribution in [0, 0.1) is 0 Å². The highest BCUT2D eigenvalue weighted by Gasteiger charge is 2.14. The van der Waals surface area contributed by atoms with Crippen LogP contribution >= 0.6 is 9.03 Å². The van der Waals surface area contributed by atoms with Crippen molar-refractivity contribution in [2.24, 2.45) is 0 Å². The number of rotatable bonds is 48. The van der Waals surface area contributed by atoms with Crippen molar-refractivity contribution in [2.75, 3.05) is 0 Å². The van der Waals surface area contributed by atoms with E-state index in [1.165, 1.54) is 292 Å². The van der Waals surface area contributed by atoms with Gasteiger partial charge in [-0.3, -0.25) is 0 Å². The average molecular weight is 891 g/mol. The summed E-state index contributed by atoms with van der Waals surface area (Å²) in [5.74, 6) is 2.15. The van der Waals surface area contributed by atoms with E-state index in [-0.39, 0.29) is 9.03 Å². The van der Waals surface area contributed by atoms with Crippen LogP contribution < -0.4 is 9.05 Å². The number of unbranched alkanes of at least 4 members (excludes halogenated alkanes) is 36. The Labute approximate surface area is 396 Å². The lowest BCUT2D eigenvalue weighted by Gasteiger charge is -2.18. The highest BCUT2D eigenvalue weighted by Crippen LogP contribution is 2.35. The number of hydrogen-bond donors (Lipinski definition) is 0. The lowest BCUT2D eigenvalue weighted by Crippen LogP contribution is -2.01. The molecule has 0 spiro atoms. The summed E-state index contributed by atoms with van der Waals surface area (Å²) in [5, 5.41) is 0. The zero-order valence-corrected chi connectivity index (χ0v) is 43.9. The maximum absolute atomic E-state index is 6.70. The maximum Gasteiger partial charge on any atom is 0.275 e. The Balaban J connectivity index is 2.02. The predicted molar refractivity (Wildman–Crippen MR) is 285 cm³/mol. The maximum atomic E-state index is 6.70. The van der Waals surface area contributed by atoms with Gasteiger partial charge in [-0.1, -0.05) is 283 Å². The third-order valence-corrected chi connectivity index (χ3v) is 14.5. The fraction of sp³-hybridized carbons (Fsp3) is 0.800. The van der Waals surface area contributed by atoms with Gasteiger partial charge in [0.15, 0.2) is 0 Å². The Morgan fingerprint density at radius 1 is 0.270 bits per heavy atom. The Kier molecular flexibility index (Phi) is 40.5. The zero-order valence-electron chi connectivity index (χ0n) is 42.9. The molecular formula is C60H107O2P. The number of aryl methyl sites for hydroxylation is 2. The van der Waals surface area contributed by atoms with Crippen LogP contribution in [0.15, 0.2) is 36.4 Å². The molecule has 0 amide bonds. The minimum Gasteiger partial charge on any atom is -0.440 e. The molecular weight excluding hydrogens is 784 g/mol. The summed E-state index contributed by atoms with van der Waals surface area (Å²) in [6, 6.07) is 13.8. The second-order valence-corrected chi connectivity index (χ2v) is 20.4. The van der Waals surface area contributed by atoms with E-state index in [4.69, 9.17) is 9.05 Å². The topological polar surface area (TPSA) is 18.5 Å².